The summed E-state index contributed by atoms with van der Waals surface area (Å²) in [7, 11) is 0. The second-order valence-corrected chi connectivity index (χ2v) is 5.68. The van der Waals surface area contributed by atoms with E-state index in [1.165, 1.54) is 44.9 Å². The van der Waals surface area contributed by atoms with Gasteiger partial charge in [0.25, 0.3) is 0 Å². The minimum Gasteiger partial charge on any atom is -0.311 e. The lowest BCUT2D eigenvalue weighted by atomic mass is 9.76. The first kappa shape index (κ1) is 14.0. The van der Waals surface area contributed by atoms with E-state index < -0.39 is 0 Å². The van der Waals surface area contributed by atoms with Crippen molar-refractivity contribution in [2.45, 2.75) is 84.7 Å². The van der Waals surface area contributed by atoms with E-state index in [2.05, 4.69) is 33.0 Å². The van der Waals surface area contributed by atoms with Crippen molar-refractivity contribution in [3.8, 4) is 0 Å². The molecule has 1 heteroatoms. The van der Waals surface area contributed by atoms with Crippen LogP contribution < -0.4 is 5.32 Å². The first-order chi connectivity index (χ1) is 7.72. The van der Waals surface area contributed by atoms with Crippen LogP contribution in [0.3, 0.4) is 0 Å². The smallest absolute Gasteiger partial charge is 0.0113 e. The summed E-state index contributed by atoms with van der Waals surface area (Å²) in [6.07, 6.45) is 9.73. The molecule has 0 aliphatic carbocycles. The van der Waals surface area contributed by atoms with Gasteiger partial charge in [0.05, 0.1) is 0 Å². The molecule has 0 radical (unpaired) electrons. The lowest BCUT2D eigenvalue weighted by molar-refractivity contribution is 0.124. The Hall–Kier alpha value is -0.0400. The monoisotopic (exact) mass is 225 g/mol. The zero-order chi connectivity index (χ0) is 12.0. The largest absolute Gasteiger partial charge is 0.311 e. The topological polar surface area (TPSA) is 12.0 Å². The molecule has 1 rings (SSSR count). The van der Waals surface area contributed by atoms with Crippen LogP contribution in [0.1, 0.15) is 72.6 Å². The number of hydrogen-bond donors (Lipinski definition) is 1. The Morgan fingerprint density at radius 3 is 2.25 bits per heavy atom. The summed E-state index contributed by atoms with van der Waals surface area (Å²) in [5.41, 5.74) is 0. The summed E-state index contributed by atoms with van der Waals surface area (Å²) in [6, 6.07) is 1.62. The maximum atomic E-state index is 3.74. The van der Waals surface area contributed by atoms with E-state index in [1.54, 1.807) is 0 Å². The quantitative estimate of drug-likeness (QED) is 0.647. The second-order valence-electron chi connectivity index (χ2n) is 5.68. The molecule has 1 N–H and O–H groups in total. The SMILES string of the molecule is CCCCC(CCC)CC1NC(CC)[C@@H]1C. The molecule has 0 bridgehead atoms. The van der Waals surface area contributed by atoms with Gasteiger partial charge in [-0.2, -0.15) is 0 Å². The van der Waals surface area contributed by atoms with Crippen LogP contribution in [0.2, 0.25) is 0 Å². The van der Waals surface area contributed by atoms with E-state index in [9.17, 15) is 0 Å². The van der Waals surface area contributed by atoms with Crippen LogP contribution in [-0.2, 0) is 0 Å². The van der Waals surface area contributed by atoms with Crippen molar-refractivity contribution >= 4 is 0 Å². The third-order valence-corrected chi connectivity index (χ3v) is 4.39. The Morgan fingerprint density at radius 2 is 1.75 bits per heavy atom. The first-order valence-corrected chi connectivity index (χ1v) is 7.48. The van der Waals surface area contributed by atoms with Crippen molar-refractivity contribution in [1.29, 1.82) is 0 Å². The van der Waals surface area contributed by atoms with E-state index in [-0.39, 0.29) is 0 Å². The highest BCUT2D eigenvalue weighted by molar-refractivity contribution is 4.95. The summed E-state index contributed by atoms with van der Waals surface area (Å²) >= 11 is 0. The van der Waals surface area contributed by atoms with Gasteiger partial charge in [-0.3, -0.25) is 0 Å². The van der Waals surface area contributed by atoms with E-state index in [4.69, 9.17) is 0 Å². The molecule has 0 saturated carbocycles. The van der Waals surface area contributed by atoms with Gasteiger partial charge in [-0.05, 0) is 24.7 Å². The van der Waals surface area contributed by atoms with Crippen LogP contribution in [-0.4, -0.2) is 12.1 Å². The normalized spacial score (nSPS) is 31.1. The lowest BCUT2D eigenvalue weighted by Gasteiger charge is -2.45. The Morgan fingerprint density at radius 1 is 1.00 bits per heavy atom. The molecule has 3 unspecified atom stereocenters. The van der Waals surface area contributed by atoms with Crippen molar-refractivity contribution in [1.82, 2.24) is 5.32 Å². The van der Waals surface area contributed by atoms with Crippen LogP contribution in [0.5, 0.6) is 0 Å². The molecule has 96 valence electrons. The molecule has 0 aromatic rings. The fourth-order valence-electron chi connectivity index (χ4n) is 3.15. The summed E-state index contributed by atoms with van der Waals surface area (Å²) in [5.74, 6) is 1.88. The molecule has 1 saturated heterocycles. The molecular formula is C15H31N. The van der Waals surface area contributed by atoms with Gasteiger partial charge in [0.15, 0.2) is 0 Å². The van der Waals surface area contributed by atoms with Crippen molar-refractivity contribution < 1.29 is 0 Å². The Balaban J connectivity index is 2.26. The zero-order valence-electron chi connectivity index (χ0n) is 11.8. The van der Waals surface area contributed by atoms with Gasteiger partial charge in [-0.15, -0.1) is 0 Å². The third kappa shape index (κ3) is 3.76. The Bertz CT molecular complexity index is 178. The molecule has 0 amide bonds. The molecule has 1 fully saturated rings. The molecule has 0 aromatic heterocycles. The summed E-state index contributed by atoms with van der Waals surface area (Å²) < 4.78 is 0. The van der Waals surface area contributed by atoms with Crippen molar-refractivity contribution in [3.05, 3.63) is 0 Å². The molecule has 16 heavy (non-hydrogen) atoms. The van der Waals surface area contributed by atoms with Crippen LogP contribution in [0.25, 0.3) is 0 Å². The summed E-state index contributed by atoms with van der Waals surface area (Å²) in [5, 5.41) is 3.74. The maximum Gasteiger partial charge on any atom is 0.0113 e. The van der Waals surface area contributed by atoms with Crippen LogP contribution in [0.15, 0.2) is 0 Å². The molecule has 0 aromatic carbocycles. The average molecular weight is 225 g/mol. The van der Waals surface area contributed by atoms with Gasteiger partial charge in [-0.25, -0.2) is 0 Å². The number of unbranched alkanes of at least 4 members (excludes halogenated alkanes) is 1. The minimum atomic E-state index is 0.804. The number of nitrogens with one attached hydrogen (secondary N) is 1. The molecule has 0 spiro atoms. The molecule has 1 aliphatic heterocycles. The van der Waals surface area contributed by atoms with Crippen molar-refractivity contribution in [2.24, 2.45) is 11.8 Å². The standard InChI is InChI=1S/C15H31N/c1-5-8-10-13(9-6-2)11-15-12(4)14(7-3)16-15/h12-16H,5-11H2,1-4H3/t12-,13?,14?,15?/m0/s1. The third-order valence-electron chi connectivity index (χ3n) is 4.39. The fraction of sp³-hybridized carbons (Fsp3) is 1.00. The van der Waals surface area contributed by atoms with Crippen LogP contribution in [0.4, 0.5) is 0 Å². The highest BCUT2D eigenvalue weighted by Gasteiger charge is 2.36. The van der Waals surface area contributed by atoms with Crippen molar-refractivity contribution in [2.75, 3.05) is 0 Å². The van der Waals surface area contributed by atoms with E-state index in [1.807, 2.05) is 0 Å². The molecule has 1 nitrogen and oxygen atoms in total. The van der Waals surface area contributed by atoms with E-state index >= 15 is 0 Å². The van der Waals surface area contributed by atoms with Crippen LogP contribution >= 0.6 is 0 Å². The van der Waals surface area contributed by atoms with Gasteiger partial charge < -0.3 is 5.32 Å². The molecular weight excluding hydrogens is 194 g/mol. The summed E-state index contributed by atoms with van der Waals surface area (Å²) in [6.45, 7) is 9.36. The van der Waals surface area contributed by atoms with Gasteiger partial charge >= 0.3 is 0 Å². The molecule has 1 heterocycles. The molecule has 1 aliphatic rings. The molecule has 4 atom stereocenters. The zero-order valence-corrected chi connectivity index (χ0v) is 11.8. The minimum absolute atomic E-state index is 0.804. The van der Waals surface area contributed by atoms with Gasteiger partial charge in [0, 0.05) is 12.1 Å². The van der Waals surface area contributed by atoms with Gasteiger partial charge in [-0.1, -0.05) is 59.8 Å². The van der Waals surface area contributed by atoms with E-state index in [0.29, 0.717) is 0 Å². The maximum absolute atomic E-state index is 3.74. The van der Waals surface area contributed by atoms with E-state index in [0.717, 1.165) is 23.9 Å². The van der Waals surface area contributed by atoms with Gasteiger partial charge in [0.1, 0.15) is 0 Å². The highest BCUT2D eigenvalue weighted by Crippen LogP contribution is 2.31. The number of hydrogen-bond acceptors (Lipinski definition) is 1. The number of rotatable bonds is 8. The summed E-state index contributed by atoms with van der Waals surface area (Å²) in [4.78, 5) is 0. The predicted molar refractivity (Wildman–Crippen MR) is 72.7 cm³/mol. The fourth-order valence-corrected chi connectivity index (χ4v) is 3.15. The van der Waals surface area contributed by atoms with Crippen molar-refractivity contribution in [3.63, 3.8) is 0 Å². The highest BCUT2D eigenvalue weighted by atomic mass is 15.1. The Labute approximate surface area is 102 Å². The lowest BCUT2D eigenvalue weighted by Crippen LogP contribution is -2.60. The average Bonchev–Trinajstić information content (AvgIpc) is 2.30. The Kier molecular flexibility index (Phi) is 6.41. The van der Waals surface area contributed by atoms with Crippen LogP contribution in [0, 0.1) is 11.8 Å². The second kappa shape index (κ2) is 7.32. The predicted octanol–water partition coefficient (Wildman–Crippen LogP) is 4.37. The first-order valence-electron chi connectivity index (χ1n) is 7.48. The van der Waals surface area contributed by atoms with Gasteiger partial charge in [0.2, 0.25) is 0 Å².